The molecule has 1 heterocycles. The Labute approximate surface area is 121 Å². The molecule has 6 heteroatoms. The maximum Gasteiger partial charge on any atom is 0.342 e. The van der Waals surface area contributed by atoms with Crippen LogP contribution in [0.4, 0.5) is 0 Å². The van der Waals surface area contributed by atoms with Crippen LogP contribution in [0.3, 0.4) is 0 Å². The highest BCUT2D eigenvalue weighted by Crippen LogP contribution is 2.50. The largest absolute Gasteiger partial charge is 0.507 e. The number of rotatable bonds is 1. The lowest BCUT2D eigenvalue weighted by molar-refractivity contribution is -0.116. The second-order valence-electron chi connectivity index (χ2n) is 5.94. The molecular weight excluding hydrogens is 276 g/mol. The van der Waals surface area contributed by atoms with Crippen LogP contribution in [0.25, 0.3) is 0 Å². The summed E-state index contributed by atoms with van der Waals surface area (Å²) in [6, 6.07) is 3.04. The van der Waals surface area contributed by atoms with Crippen LogP contribution in [0, 0.1) is 0 Å². The molecule has 3 N–H and O–H groups in total. The van der Waals surface area contributed by atoms with Gasteiger partial charge < -0.3 is 24.8 Å². The molecule has 0 unspecified atom stereocenters. The third kappa shape index (κ3) is 2.06. The third-order valence-electron chi connectivity index (χ3n) is 4.54. The van der Waals surface area contributed by atoms with E-state index >= 15 is 0 Å². The number of phenols is 1. The zero-order valence-corrected chi connectivity index (χ0v) is 11.9. The van der Waals surface area contributed by atoms with Gasteiger partial charge >= 0.3 is 5.97 Å². The number of hydrogen-bond donors (Lipinski definition) is 3. The monoisotopic (exact) mass is 294 g/mol. The maximum absolute atomic E-state index is 12.2. The Morgan fingerprint density at radius 2 is 2.05 bits per heavy atom. The van der Waals surface area contributed by atoms with Gasteiger partial charge in [-0.3, -0.25) is 0 Å². The summed E-state index contributed by atoms with van der Waals surface area (Å²) < 4.78 is 10.6. The molecule has 1 saturated carbocycles. The molecule has 4 atom stereocenters. The minimum atomic E-state index is -0.931. The molecule has 0 saturated heterocycles. The van der Waals surface area contributed by atoms with Crippen LogP contribution in [-0.4, -0.2) is 46.2 Å². The Morgan fingerprint density at radius 3 is 2.71 bits per heavy atom. The number of carbonyl (C=O) groups excluding carboxylic acids is 1. The zero-order valence-electron chi connectivity index (χ0n) is 11.9. The zero-order chi connectivity index (χ0) is 15.4. The minimum absolute atomic E-state index is 0.113. The maximum atomic E-state index is 12.2. The lowest BCUT2D eigenvalue weighted by atomic mass is 9.68. The average molecular weight is 294 g/mol. The predicted octanol–water partition coefficient (Wildman–Crippen LogP) is 0.929. The number of ether oxygens (including phenoxy) is 2. The van der Waals surface area contributed by atoms with Crippen molar-refractivity contribution in [2.75, 3.05) is 7.11 Å². The summed E-state index contributed by atoms with van der Waals surface area (Å²) in [5, 5.41) is 29.8. The molecule has 1 aliphatic carbocycles. The fourth-order valence-electron chi connectivity index (χ4n) is 3.41. The van der Waals surface area contributed by atoms with Crippen LogP contribution < -0.4 is 4.74 Å². The summed E-state index contributed by atoms with van der Waals surface area (Å²) in [5.74, 6) is -0.682. The number of methoxy groups -OCH3 is 1. The first-order chi connectivity index (χ1) is 9.85. The summed E-state index contributed by atoms with van der Waals surface area (Å²) in [7, 11) is 1.47. The van der Waals surface area contributed by atoms with Crippen LogP contribution in [0.1, 0.15) is 41.6 Å². The van der Waals surface area contributed by atoms with Gasteiger partial charge in [-0.25, -0.2) is 4.79 Å². The smallest absolute Gasteiger partial charge is 0.342 e. The van der Waals surface area contributed by atoms with Gasteiger partial charge in [-0.1, -0.05) is 0 Å². The van der Waals surface area contributed by atoms with Crippen molar-refractivity contribution < 1.29 is 29.6 Å². The summed E-state index contributed by atoms with van der Waals surface area (Å²) >= 11 is 0. The molecule has 1 aromatic carbocycles. The van der Waals surface area contributed by atoms with E-state index in [1.807, 2.05) is 0 Å². The van der Waals surface area contributed by atoms with Gasteiger partial charge in [0.05, 0.1) is 19.3 Å². The van der Waals surface area contributed by atoms with Gasteiger partial charge in [0, 0.05) is 18.4 Å². The first kappa shape index (κ1) is 14.2. The second kappa shape index (κ2) is 4.61. The first-order valence-corrected chi connectivity index (χ1v) is 6.86. The van der Waals surface area contributed by atoms with Crippen LogP contribution in [-0.2, 0) is 4.74 Å². The first-order valence-electron chi connectivity index (χ1n) is 6.86. The van der Waals surface area contributed by atoms with Gasteiger partial charge in [-0.15, -0.1) is 0 Å². The lowest BCUT2D eigenvalue weighted by Gasteiger charge is -2.47. The number of aliphatic hydroxyl groups is 2. The number of esters is 1. The third-order valence-corrected chi connectivity index (χ3v) is 4.54. The fraction of sp³-hybridized carbons (Fsp3) is 0.533. The number of hydrogen-bond acceptors (Lipinski definition) is 6. The lowest BCUT2D eigenvalue weighted by Crippen LogP contribution is -2.52. The molecule has 0 amide bonds. The molecule has 1 fully saturated rings. The molecule has 1 aliphatic heterocycles. The second-order valence-corrected chi connectivity index (χ2v) is 5.94. The summed E-state index contributed by atoms with van der Waals surface area (Å²) in [4.78, 5) is 12.2. The Hall–Kier alpha value is -1.79. The molecule has 0 aromatic heterocycles. The van der Waals surface area contributed by atoms with Gasteiger partial charge in [0.2, 0.25) is 0 Å². The van der Waals surface area contributed by atoms with Crippen molar-refractivity contribution in [1.29, 1.82) is 0 Å². The highest BCUT2D eigenvalue weighted by Gasteiger charge is 2.52. The van der Waals surface area contributed by atoms with Crippen molar-refractivity contribution >= 4 is 5.97 Å². The van der Waals surface area contributed by atoms with Crippen molar-refractivity contribution in [3.63, 3.8) is 0 Å². The Balaban J connectivity index is 2.15. The van der Waals surface area contributed by atoms with Crippen LogP contribution in [0.2, 0.25) is 0 Å². The Kier molecular flexibility index (Phi) is 3.11. The average Bonchev–Trinajstić information content (AvgIpc) is 2.40. The molecule has 6 nitrogen and oxygen atoms in total. The van der Waals surface area contributed by atoms with E-state index in [1.54, 1.807) is 13.0 Å². The Morgan fingerprint density at radius 1 is 1.33 bits per heavy atom. The van der Waals surface area contributed by atoms with Gasteiger partial charge in [0.15, 0.2) is 0 Å². The van der Waals surface area contributed by atoms with Crippen LogP contribution in [0.15, 0.2) is 12.1 Å². The summed E-state index contributed by atoms with van der Waals surface area (Å²) in [6.45, 7) is 1.74. The normalized spacial score (nSPS) is 34.7. The van der Waals surface area contributed by atoms with Crippen molar-refractivity contribution in [1.82, 2.24) is 0 Å². The fourth-order valence-corrected chi connectivity index (χ4v) is 3.41. The van der Waals surface area contributed by atoms with E-state index < -0.39 is 23.8 Å². The van der Waals surface area contributed by atoms with E-state index in [-0.39, 0.29) is 30.1 Å². The molecule has 0 radical (unpaired) electrons. The van der Waals surface area contributed by atoms with E-state index in [4.69, 9.17) is 9.47 Å². The minimum Gasteiger partial charge on any atom is -0.507 e. The van der Waals surface area contributed by atoms with Crippen LogP contribution in [0.5, 0.6) is 11.5 Å². The van der Waals surface area contributed by atoms with Crippen LogP contribution >= 0.6 is 0 Å². The van der Waals surface area contributed by atoms with Crippen molar-refractivity contribution in [3.8, 4) is 11.5 Å². The standard InChI is InChI=1S/C15H18O6/c1-15-6-12(18)10(16)5-9(15)8-3-7(20-2)4-11(17)13(8)14(19)21-15/h3-4,9-10,12,16-18H,5-6H2,1-2H3/t9-,10+,12+,15+/m0/s1. The molecule has 3 rings (SSSR count). The topological polar surface area (TPSA) is 96.2 Å². The highest BCUT2D eigenvalue weighted by molar-refractivity contribution is 5.96. The SMILES string of the molecule is COc1cc(O)c2c(c1)[C@@H]1C[C@@H](O)[C@H](O)C[C@@]1(C)OC2=O. The van der Waals surface area contributed by atoms with E-state index in [1.165, 1.54) is 13.2 Å². The highest BCUT2D eigenvalue weighted by atomic mass is 16.6. The number of phenolic OH excluding ortho intramolecular Hbond substituents is 1. The predicted molar refractivity (Wildman–Crippen MR) is 72.5 cm³/mol. The van der Waals surface area contributed by atoms with Crippen molar-refractivity contribution in [2.24, 2.45) is 0 Å². The van der Waals surface area contributed by atoms with Gasteiger partial charge in [-0.05, 0) is 25.0 Å². The molecule has 114 valence electrons. The van der Waals surface area contributed by atoms with Crippen molar-refractivity contribution in [2.45, 2.75) is 43.5 Å². The van der Waals surface area contributed by atoms with E-state index in [9.17, 15) is 20.1 Å². The summed E-state index contributed by atoms with van der Waals surface area (Å²) in [6.07, 6.45) is -1.41. The quantitative estimate of drug-likeness (QED) is 0.667. The number of aromatic hydroxyl groups is 1. The number of carbonyl (C=O) groups is 1. The van der Waals surface area contributed by atoms with Gasteiger partial charge in [-0.2, -0.15) is 0 Å². The van der Waals surface area contributed by atoms with Gasteiger partial charge in [0.25, 0.3) is 0 Å². The van der Waals surface area contributed by atoms with Crippen molar-refractivity contribution in [3.05, 3.63) is 23.3 Å². The van der Waals surface area contributed by atoms with Gasteiger partial charge in [0.1, 0.15) is 22.7 Å². The summed E-state index contributed by atoms with van der Waals surface area (Å²) in [5.41, 5.74) is -0.194. The van der Waals surface area contributed by atoms with E-state index in [0.29, 0.717) is 11.3 Å². The Bertz CT molecular complexity index is 598. The number of benzene rings is 1. The number of aliphatic hydroxyl groups excluding tert-OH is 2. The molecule has 0 spiro atoms. The molecule has 2 aliphatic rings. The van der Waals surface area contributed by atoms with E-state index in [0.717, 1.165) is 0 Å². The number of fused-ring (bicyclic) bond motifs is 3. The molecule has 1 aromatic rings. The van der Waals surface area contributed by atoms with E-state index in [2.05, 4.69) is 0 Å². The molecule has 21 heavy (non-hydrogen) atoms. The molecular formula is C15H18O6. The molecule has 0 bridgehead atoms.